The van der Waals surface area contributed by atoms with Gasteiger partial charge in [-0.15, -0.1) is 22.7 Å². The molecule has 1 saturated carbocycles. The lowest BCUT2D eigenvalue weighted by molar-refractivity contribution is -0.123. The van der Waals surface area contributed by atoms with Crippen molar-refractivity contribution in [2.75, 3.05) is 0 Å². The Morgan fingerprint density at radius 3 is 2.42 bits per heavy atom. The second kappa shape index (κ2) is 7.94. The van der Waals surface area contributed by atoms with Crippen molar-refractivity contribution in [3.8, 4) is 0 Å². The van der Waals surface area contributed by atoms with Gasteiger partial charge >= 0.3 is 0 Å². The highest BCUT2D eigenvalue weighted by atomic mass is 32.1. The first kappa shape index (κ1) is 17.2. The lowest BCUT2D eigenvalue weighted by Gasteiger charge is -2.25. The fraction of sp³-hybridized carbons (Fsp3) is 0.444. The Hall–Kier alpha value is -1.66. The summed E-state index contributed by atoms with van der Waals surface area (Å²) in [5, 5.41) is 9.86. The minimum atomic E-state index is -0.552. The molecule has 0 bridgehead atoms. The standard InChI is InChI=1S/C18H22N2O2S2/c1-12(19-18(22)15-9-5-11-24-15)17(21)20-16(13-6-2-3-7-13)14-8-4-10-23-14/h4-5,8-13,16H,2-3,6-7H2,1H3,(H,19,22)(H,20,21). The molecule has 2 unspecified atom stereocenters. The van der Waals surface area contributed by atoms with E-state index in [0.29, 0.717) is 10.8 Å². The third-order valence-corrected chi connectivity index (χ3v) is 6.33. The average Bonchev–Trinajstić information content (AvgIpc) is 3.35. The smallest absolute Gasteiger partial charge is 0.261 e. The lowest BCUT2D eigenvalue weighted by Crippen LogP contribution is -2.46. The lowest BCUT2D eigenvalue weighted by atomic mass is 9.96. The second-order valence-electron chi connectivity index (χ2n) is 6.22. The molecule has 0 spiro atoms. The van der Waals surface area contributed by atoms with Gasteiger partial charge < -0.3 is 10.6 Å². The molecule has 0 saturated heterocycles. The van der Waals surface area contributed by atoms with E-state index in [-0.39, 0.29) is 17.9 Å². The van der Waals surface area contributed by atoms with E-state index in [4.69, 9.17) is 0 Å². The Balaban J connectivity index is 1.63. The molecule has 24 heavy (non-hydrogen) atoms. The minimum absolute atomic E-state index is 0.0566. The van der Waals surface area contributed by atoms with Crippen LogP contribution in [-0.2, 0) is 4.79 Å². The first-order valence-electron chi connectivity index (χ1n) is 8.33. The maximum absolute atomic E-state index is 12.6. The van der Waals surface area contributed by atoms with Crippen LogP contribution in [0.4, 0.5) is 0 Å². The van der Waals surface area contributed by atoms with Crippen LogP contribution in [0.25, 0.3) is 0 Å². The molecule has 2 heterocycles. The van der Waals surface area contributed by atoms with Crippen LogP contribution < -0.4 is 10.6 Å². The van der Waals surface area contributed by atoms with Crippen molar-refractivity contribution in [2.24, 2.45) is 5.92 Å². The van der Waals surface area contributed by atoms with E-state index in [1.54, 1.807) is 24.3 Å². The molecule has 1 aliphatic rings. The van der Waals surface area contributed by atoms with Gasteiger partial charge in [-0.05, 0) is 48.6 Å². The minimum Gasteiger partial charge on any atom is -0.346 e. The van der Waals surface area contributed by atoms with Gasteiger partial charge in [-0.2, -0.15) is 0 Å². The predicted molar refractivity (Wildman–Crippen MR) is 98.4 cm³/mol. The Kier molecular flexibility index (Phi) is 5.68. The maximum atomic E-state index is 12.6. The van der Waals surface area contributed by atoms with E-state index < -0.39 is 6.04 Å². The van der Waals surface area contributed by atoms with Crippen molar-refractivity contribution < 1.29 is 9.59 Å². The number of carbonyl (C=O) groups is 2. The molecule has 0 aromatic carbocycles. The summed E-state index contributed by atoms with van der Waals surface area (Å²) in [6.45, 7) is 1.74. The fourth-order valence-corrected chi connectivity index (χ4v) is 4.70. The van der Waals surface area contributed by atoms with Gasteiger partial charge in [-0.25, -0.2) is 0 Å². The Morgan fingerprint density at radius 1 is 1.08 bits per heavy atom. The highest BCUT2D eigenvalue weighted by Gasteiger charge is 2.30. The SMILES string of the molecule is CC(NC(=O)c1cccs1)C(=O)NC(c1cccs1)C1CCCC1. The Bertz CT molecular complexity index is 661. The van der Waals surface area contributed by atoms with Crippen molar-refractivity contribution in [1.29, 1.82) is 0 Å². The third-order valence-electron chi connectivity index (χ3n) is 4.50. The zero-order valence-corrected chi connectivity index (χ0v) is 15.3. The van der Waals surface area contributed by atoms with Crippen molar-refractivity contribution in [3.63, 3.8) is 0 Å². The molecule has 1 aliphatic carbocycles. The second-order valence-corrected chi connectivity index (χ2v) is 8.15. The first-order chi connectivity index (χ1) is 11.6. The molecule has 0 aliphatic heterocycles. The van der Waals surface area contributed by atoms with Gasteiger partial charge in [0.15, 0.2) is 0 Å². The van der Waals surface area contributed by atoms with Crippen LogP contribution in [0.3, 0.4) is 0 Å². The molecule has 3 rings (SSSR count). The largest absolute Gasteiger partial charge is 0.346 e. The third kappa shape index (κ3) is 4.05. The molecule has 0 radical (unpaired) electrons. The van der Waals surface area contributed by atoms with Crippen molar-refractivity contribution in [1.82, 2.24) is 10.6 Å². The summed E-state index contributed by atoms with van der Waals surface area (Å²) in [6.07, 6.45) is 4.76. The van der Waals surface area contributed by atoms with E-state index in [9.17, 15) is 9.59 Å². The molecular weight excluding hydrogens is 340 g/mol. The van der Waals surface area contributed by atoms with Crippen LogP contribution in [0, 0.1) is 5.92 Å². The summed E-state index contributed by atoms with van der Waals surface area (Å²) in [5.41, 5.74) is 0. The van der Waals surface area contributed by atoms with E-state index >= 15 is 0 Å². The predicted octanol–water partition coefficient (Wildman–Crippen LogP) is 3.98. The van der Waals surface area contributed by atoms with Crippen LogP contribution in [0.1, 0.15) is 53.2 Å². The zero-order valence-electron chi connectivity index (χ0n) is 13.7. The number of hydrogen-bond acceptors (Lipinski definition) is 4. The van der Waals surface area contributed by atoms with E-state index in [2.05, 4.69) is 16.7 Å². The molecule has 2 aromatic rings. The van der Waals surface area contributed by atoms with Gasteiger partial charge in [0.1, 0.15) is 6.04 Å². The molecule has 2 N–H and O–H groups in total. The summed E-state index contributed by atoms with van der Waals surface area (Å²) in [7, 11) is 0. The maximum Gasteiger partial charge on any atom is 0.261 e. The summed E-state index contributed by atoms with van der Waals surface area (Å²) < 4.78 is 0. The van der Waals surface area contributed by atoms with Crippen molar-refractivity contribution in [2.45, 2.75) is 44.7 Å². The van der Waals surface area contributed by atoms with Crippen molar-refractivity contribution in [3.05, 3.63) is 44.8 Å². The number of nitrogens with one attached hydrogen (secondary N) is 2. The van der Waals surface area contributed by atoms with Gasteiger partial charge in [-0.1, -0.05) is 25.0 Å². The van der Waals surface area contributed by atoms with Crippen LogP contribution in [0.5, 0.6) is 0 Å². The number of thiophene rings is 2. The number of amides is 2. The normalized spacial score (nSPS) is 17.4. The van der Waals surface area contributed by atoms with Crippen LogP contribution >= 0.6 is 22.7 Å². The molecule has 2 atom stereocenters. The summed E-state index contributed by atoms with van der Waals surface area (Å²) >= 11 is 3.06. The van der Waals surface area contributed by atoms with E-state index in [1.807, 2.05) is 22.9 Å². The van der Waals surface area contributed by atoms with Gasteiger partial charge in [0.05, 0.1) is 10.9 Å². The van der Waals surface area contributed by atoms with Crippen LogP contribution in [0.2, 0.25) is 0 Å². The first-order valence-corrected chi connectivity index (χ1v) is 10.1. The van der Waals surface area contributed by atoms with Crippen LogP contribution in [-0.4, -0.2) is 17.9 Å². The molecular formula is C18H22N2O2S2. The van der Waals surface area contributed by atoms with E-state index in [0.717, 1.165) is 12.8 Å². The number of hydrogen-bond donors (Lipinski definition) is 2. The number of rotatable bonds is 6. The molecule has 1 fully saturated rings. The van der Waals surface area contributed by atoms with Gasteiger partial charge in [0.2, 0.25) is 5.91 Å². The highest BCUT2D eigenvalue weighted by Crippen LogP contribution is 2.37. The number of carbonyl (C=O) groups excluding carboxylic acids is 2. The van der Waals surface area contributed by atoms with Crippen molar-refractivity contribution >= 4 is 34.5 Å². The van der Waals surface area contributed by atoms with Gasteiger partial charge in [-0.3, -0.25) is 9.59 Å². The molecule has 6 heteroatoms. The average molecular weight is 363 g/mol. The topological polar surface area (TPSA) is 58.2 Å². The zero-order chi connectivity index (χ0) is 16.9. The highest BCUT2D eigenvalue weighted by molar-refractivity contribution is 7.12. The van der Waals surface area contributed by atoms with Crippen LogP contribution in [0.15, 0.2) is 35.0 Å². The Labute approximate surface area is 150 Å². The van der Waals surface area contributed by atoms with Gasteiger partial charge in [0, 0.05) is 4.88 Å². The van der Waals surface area contributed by atoms with Gasteiger partial charge in [0.25, 0.3) is 5.91 Å². The fourth-order valence-electron chi connectivity index (χ4n) is 3.20. The summed E-state index contributed by atoms with van der Waals surface area (Å²) in [4.78, 5) is 26.5. The Morgan fingerprint density at radius 2 is 1.79 bits per heavy atom. The van der Waals surface area contributed by atoms with E-state index in [1.165, 1.54) is 29.1 Å². The molecule has 128 valence electrons. The summed E-state index contributed by atoms with van der Waals surface area (Å²) in [5.74, 6) is 0.180. The quantitative estimate of drug-likeness (QED) is 0.817. The monoisotopic (exact) mass is 362 g/mol. The molecule has 2 amide bonds. The summed E-state index contributed by atoms with van der Waals surface area (Å²) in [6, 6.07) is 7.21. The molecule has 4 nitrogen and oxygen atoms in total. The molecule has 2 aromatic heterocycles.